The molecule has 3 rings (SSSR count). The summed E-state index contributed by atoms with van der Waals surface area (Å²) in [5, 5.41) is 2.21. The van der Waals surface area contributed by atoms with Gasteiger partial charge in [0.05, 0.1) is 22.0 Å². The van der Waals surface area contributed by atoms with Crippen molar-refractivity contribution in [1.82, 2.24) is 4.90 Å². The number of benzene rings is 2. The summed E-state index contributed by atoms with van der Waals surface area (Å²) < 4.78 is 52.3. The van der Waals surface area contributed by atoms with E-state index >= 15 is 0 Å². The summed E-state index contributed by atoms with van der Waals surface area (Å²) in [7, 11) is 0. The van der Waals surface area contributed by atoms with Gasteiger partial charge in [0.15, 0.2) is 0 Å². The van der Waals surface area contributed by atoms with Crippen LogP contribution in [0.2, 0.25) is 5.02 Å². The second-order valence-corrected chi connectivity index (χ2v) is 6.45. The number of halogens is 5. The van der Waals surface area contributed by atoms with Gasteiger partial charge >= 0.3 is 12.2 Å². The van der Waals surface area contributed by atoms with Crippen molar-refractivity contribution in [2.45, 2.75) is 6.18 Å². The van der Waals surface area contributed by atoms with Crippen molar-refractivity contribution >= 4 is 34.9 Å². The van der Waals surface area contributed by atoms with Crippen molar-refractivity contribution in [1.29, 1.82) is 0 Å². The van der Waals surface area contributed by atoms with Crippen LogP contribution in [0.5, 0.6) is 0 Å². The second kappa shape index (κ2) is 7.67. The van der Waals surface area contributed by atoms with Crippen LogP contribution in [0.25, 0.3) is 0 Å². The highest BCUT2D eigenvalue weighted by molar-refractivity contribution is 6.33. The fourth-order valence-electron chi connectivity index (χ4n) is 2.78. The van der Waals surface area contributed by atoms with Crippen molar-refractivity contribution in [3.63, 3.8) is 0 Å². The Hall–Kier alpha value is -2.81. The molecule has 0 atom stereocenters. The molecule has 5 nitrogen and oxygen atoms in total. The van der Waals surface area contributed by atoms with Gasteiger partial charge in [0, 0.05) is 13.1 Å². The van der Waals surface area contributed by atoms with Crippen LogP contribution >= 0.6 is 11.6 Å². The maximum absolute atomic E-state index is 13.9. The van der Waals surface area contributed by atoms with Gasteiger partial charge in [0.1, 0.15) is 12.4 Å². The van der Waals surface area contributed by atoms with E-state index in [1.165, 1.54) is 28.0 Å². The normalized spacial score (nSPS) is 14.5. The molecular weight excluding hydrogens is 402 g/mol. The Bertz CT molecular complexity index is 920. The number of para-hydroxylation sites is 1. The second-order valence-electron chi connectivity index (χ2n) is 6.05. The van der Waals surface area contributed by atoms with Gasteiger partial charge in [-0.1, -0.05) is 23.7 Å². The highest BCUT2D eigenvalue weighted by atomic mass is 35.5. The Labute approximate surface area is 162 Å². The number of anilines is 2. The smallest absolute Gasteiger partial charge is 0.323 e. The lowest BCUT2D eigenvalue weighted by atomic mass is 10.2. The van der Waals surface area contributed by atoms with Crippen molar-refractivity contribution < 1.29 is 27.2 Å². The molecule has 28 heavy (non-hydrogen) atoms. The molecule has 0 bridgehead atoms. The number of hydrogen-bond donors (Lipinski definition) is 1. The molecule has 3 amide bonds. The van der Waals surface area contributed by atoms with E-state index < -0.39 is 36.0 Å². The number of carbonyl (C=O) groups is 2. The number of nitrogens with one attached hydrogen (secondary N) is 1. The van der Waals surface area contributed by atoms with Crippen LogP contribution in [-0.4, -0.2) is 36.5 Å². The van der Waals surface area contributed by atoms with Crippen LogP contribution < -0.4 is 10.2 Å². The van der Waals surface area contributed by atoms with Crippen LogP contribution in [0.15, 0.2) is 42.5 Å². The number of rotatable bonds is 4. The molecule has 1 saturated heterocycles. The van der Waals surface area contributed by atoms with Gasteiger partial charge in [0.25, 0.3) is 0 Å². The molecule has 0 spiro atoms. The summed E-state index contributed by atoms with van der Waals surface area (Å²) in [5.41, 5.74) is -1.08. The van der Waals surface area contributed by atoms with Gasteiger partial charge in [-0.3, -0.25) is 9.69 Å². The Morgan fingerprint density at radius 2 is 1.86 bits per heavy atom. The average molecular weight is 416 g/mol. The molecule has 0 radical (unpaired) electrons. The predicted octanol–water partition coefficient (Wildman–Crippen LogP) is 4.38. The molecule has 1 aliphatic heterocycles. The van der Waals surface area contributed by atoms with Gasteiger partial charge in [-0.15, -0.1) is 0 Å². The van der Waals surface area contributed by atoms with E-state index in [1.807, 2.05) is 0 Å². The first kappa shape index (κ1) is 19.9. The Kier molecular flexibility index (Phi) is 5.46. The topological polar surface area (TPSA) is 52.7 Å². The van der Waals surface area contributed by atoms with E-state index in [0.29, 0.717) is 0 Å². The average Bonchev–Trinajstić information content (AvgIpc) is 2.97. The Morgan fingerprint density at radius 3 is 2.54 bits per heavy atom. The van der Waals surface area contributed by atoms with Gasteiger partial charge in [-0.25, -0.2) is 9.18 Å². The first-order chi connectivity index (χ1) is 13.2. The molecule has 1 fully saturated rings. The maximum Gasteiger partial charge on any atom is 0.416 e. The minimum absolute atomic E-state index is 0.0675. The molecular formula is C18H14ClF4N3O2. The first-order valence-electron chi connectivity index (χ1n) is 8.14. The number of carbonyl (C=O) groups excluding carboxylic acids is 2. The van der Waals surface area contributed by atoms with Crippen LogP contribution in [0.1, 0.15) is 5.56 Å². The maximum atomic E-state index is 13.9. The lowest BCUT2D eigenvalue weighted by Gasteiger charge is -2.19. The highest BCUT2D eigenvalue weighted by Gasteiger charge is 2.33. The molecule has 1 N–H and O–H groups in total. The molecule has 1 aliphatic rings. The summed E-state index contributed by atoms with van der Waals surface area (Å²) in [4.78, 5) is 27.0. The van der Waals surface area contributed by atoms with E-state index in [2.05, 4.69) is 5.32 Å². The van der Waals surface area contributed by atoms with E-state index in [4.69, 9.17) is 11.6 Å². The van der Waals surface area contributed by atoms with Gasteiger partial charge in [-0.05, 0) is 30.3 Å². The van der Waals surface area contributed by atoms with Gasteiger partial charge in [0.2, 0.25) is 5.91 Å². The number of alkyl halides is 3. The summed E-state index contributed by atoms with van der Waals surface area (Å²) in [6, 6.07) is 7.70. The summed E-state index contributed by atoms with van der Waals surface area (Å²) >= 11 is 5.84. The summed E-state index contributed by atoms with van der Waals surface area (Å²) in [6.07, 6.45) is -4.59. The Morgan fingerprint density at radius 1 is 1.14 bits per heavy atom. The number of nitrogens with zero attached hydrogens (tertiary/aromatic N) is 2. The number of urea groups is 1. The quantitative estimate of drug-likeness (QED) is 0.753. The zero-order valence-corrected chi connectivity index (χ0v) is 15.0. The molecule has 148 valence electrons. The molecule has 0 saturated carbocycles. The number of hydrogen-bond acceptors (Lipinski definition) is 2. The lowest BCUT2D eigenvalue weighted by Crippen LogP contribution is -2.37. The van der Waals surface area contributed by atoms with Crippen molar-refractivity contribution in [3.05, 3.63) is 58.9 Å². The lowest BCUT2D eigenvalue weighted by molar-refractivity contribution is -0.137. The van der Waals surface area contributed by atoms with Crippen molar-refractivity contribution in [3.8, 4) is 0 Å². The van der Waals surface area contributed by atoms with E-state index in [-0.39, 0.29) is 29.5 Å². The Balaban J connectivity index is 1.68. The fourth-order valence-corrected chi connectivity index (χ4v) is 2.95. The van der Waals surface area contributed by atoms with Crippen molar-refractivity contribution in [2.24, 2.45) is 0 Å². The fraction of sp³-hybridized carbons (Fsp3) is 0.222. The third-order valence-corrected chi connectivity index (χ3v) is 4.47. The van der Waals surface area contributed by atoms with Crippen molar-refractivity contribution in [2.75, 3.05) is 29.9 Å². The SMILES string of the molecule is O=C(CN1CCN(c2ccccc2F)C1=O)Nc1cc(C(F)(F)F)ccc1Cl. The zero-order valence-electron chi connectivity index (χ0n) is 14.3. The minimum atomic E-state index is -4.59. The largest absolute Gasteiger partial charge is 0.416 e. The molecule has 10 heteroatoms. The van der Waals surface area contributed by atoms with Crippen LogP contribution in [0, 0.1) is 5.82 Å². The molecule has 0 aliphatic carbocycles. The van der Waals surface area contributed by atoms with Crippen LogP contribution in [0.3, 0.4) is 0 Å². The first-order valence-corrected chi connectivity index (χ1v) is 8.52. The molecule has 0 unspecified atom stereocenters. The summed E-state index contributed by atoms with van der Waals surface area (Å²) in [5.74, 6) is -1.29. The molecule has 2 aromatic carbocycles. The van der Waals surface area contributed by atoms with E-state index in [1.54, 1.807) is 6.07 Å². The highest BCUT2D eigenvalue weighted by Crippen LogP contribution is 2.33. The van der Waals surface area contributed by atoms with E-state index in [0.717, 1.165) is 18.2 Å². The third-order valence-electron chi connectivity index (χ3n) is 4.14. The molecule has 0 aromatic heterocycles. The van der Waals surface area contributed by atoms with Gasteiger partial charge in [-0.2, -0.15) is 13.2 Å². The van der Waals surface area contributed by atoms with Crippen LogP contribution in [0.4, 0.5) is 33.7 Å². The molecule has 2 aromatic rings. The standard InChI is InChI=1S/C18H14ClF4N3O2/c19-12-6-5-11(18(21,22)23)9-14(12)24-16(27)10-25-7-8-26(17(25)28)15-4-2-1-3-13(15)20/h1-6,9H,7-8,10H2,(H,24,27). The third kappa shape index (κ3) is 4.19. The van der Waals surface area contributed by atoms with E-state index in [9.17, 15) is 27.2 Å². The zero-order chi connectivity index (χ0) is 20.5. The van der Waals surface area contributed by atoms with Crippen LogP contribution in [-0.2, 0) is 11.0 Å². The predicted molar refractivity (Wildman–Crippen MR) is 95.8 cm³/mol. The molecule has 1 heterocycles. The summed E-state index contributed by atoms with van der Waals surface area (Å²) in [6.45, 7) is -0.0648. The monoisotopic (exact) mass is 415 g/mol. The minimum Gasteiger partial charge on any atom is -0.323 e. The number of amides is 3. The van der Waals surface area contributed by atoms with Gasteiger partial charge < -0.3 is 10.2 Å².